The lowest BCUT2D eigenvalue weighted by Crippen LogP contribution is -2.32. The smallest absolute Gasteiger partial charge is 0.261 e. The molecule has 1 aliphatic rings. The molecule has 1 N–H and O–H groups in total. The summed E-state index contributed by atoms with van der Waals surface area (Å²) < 4.78 is 0. The molecule has 0 spiro atoms. The van der Waals surface area contributed by atoms with Crippen molar-refractivity contribution in [3.63, 3.8) is 0 Å². The van der Waals surface area contributed by atoms with E-state index in [4.69, 9.17) is 0 Å². The highest BCUT2D eigenvalue weighted by molar-refractivity contribution is 6.21. The first-order valence-electron chi connectivity index (χ1n) is 9.20. The molecule has 1 heterocycles. The quantitative estimate of drug-likeness (QED) is 0.797. The first-order chi connectivity index (χ1) is 12.9. The second-order valence-electron chi connectivity index (χ2n) is 7.06. The zero-order chi connectivity index (χ0) is 19.6. The maximum Gasteiger partial charge on any atom is 0.261 e. The number of nitrogens with zero attached hydrogens (tertiary/aromatic N) is 1. The van der Waals surface area contributed by atoms with Crippen molar-refractivity contribution in [3.05, 3.63) is 70.3 Å². The molecule has 0 saturated heterocycles. The molecule has 3 rings (SSSR count). The summed E-state index contributed by atoms with van der Waals surface area (Å²) in [5, 5.41) is 3.00. The molecule has 27 heavy (non-hydrogen) atoms. The van der Waals surface area contributed by atoms with Crippen molar-refractivity contribution in [2.45, 2.75) is 39.7 Å². The van der Waals surface area contributed by atoms with E-state index < -0.39 is 0 Å². The first kappa shape index (κ1) is 18.8. The number of rotatable bonds is 6. The van der Waals surface area contributed by atoms with E-state index in [1.165, 1.54) is 4.90 Å². The van der Waals surface area contributed by atoms with Crippen LogP contribution in [0.25, 0.3) is 0 Å². The van der Waals surface area contributed by atoms with Crippen LogP contribution in [-0.2, 0) is 4.79 Å². The Morgan fingerprint density at radius 1 is 1.04 bits per heavy atom. The summed E-state index contributed by atoms with van der Waals surface area (Å²) in [7, 11) is 0. The molecule has 3 amide bonds. The monoisotopic (exact) mass is 364 g/mol. The van der Waals surface area contributed by atoms with Crippen molar-refractivity contribution >= 4 is 17.7 Å². The molecule has 2 aromatic rings. The van der Waals surface area contributed by atoms with E-state index >= 15 is 0 Å². The fourth-order valence-electron chi connectivity index (χ4n) is 3.46. The summed E-state index contributed by atoms with van der Waals surface area (Å²) in [6.45, 7) is 6.26. The van der Waals surface area contributed by atoms with E-state index in [-0.39, 0.29) is 36.7 Å². The third kappa shape index (κ3) is 3.92. The fraction of sp³-hybridized carbons (Fsp3) is 0.318. The van der Waals surface area contributed by atoms with Gasteiger partial charge in [-0.05, 0) is 50.5 Å². The number of benzene rings is 2. The number of hydrogen-bond donors (Lipinski definition) is 1. The minimum Gasteiger partial charge on any atom is -0.350 e. The normalized spacial score (nSPS) is 14.3. The number of aryl methyl sites for hydroxylation is 2. The predicted octanol–water partition coefficient (Wildman–Crippen LogP) is 3.56. The Morgan fingerprint density at radius 2 is 1.67 bits per heavy atom. The van der Waals surface area contributed by atoms with Gasteiger partial charge in [-0.15, -0.1) is 0 Å². The van der Waals surface area contributed by atoms with E-state index in [0.29, 0.717) is 17.5 Å². The van der Waals surface area contributed by atoms with Gasteiger partial charge in [0.1, 0.15) is 0 Å². The molecule has 2 aromatic carbocycles. The van der Waals surface area contributed by atoms with Crippen LogP contribution in [-0.4, -0.2) is 29.2 Å². The molecule has 0 unspecified atom stereocenters. The minimum atomic E-state index is -0.278. The number of hydrogen-bond acceptors (Lipinski definition) is 3. The average Bonchev–Trinajstić information content (AvgIpc) is 2.89. The van der Waals surface area contributed by atoms with Crippen LogP contribution < -0.4 is 5.32 Å². The van der Waals surface area contributed by atoms with Crippen LogP contribution in [0.5, 0.6) is 0 Å². The Hall–Kier alpha value is -2.95. The highest BCUT2D eigenvalue weighted by atomic mass is 16.2. The zero-order valence-corrected chi connectivity index (χ0v) is 15.9. The molecule has 5 nitrogen and oxygen atoms in total. The summed E-state index contributed by atoms with van der Waals surface area (Å²) in [6, 6.07) is 12.9. The molecular formula is C22H24N2O3. The van der Waals surface area contributed by atoms with Gasteiger partial charge in [0.15, 0.2) is 0 Å². The number of carbonyl (C=O) groups excluding carboxylic acids is 3. The Labute approximate surface area is 159 Å². The minimum absolute atomic E-state index is 0.0833. The molecule has 0 saturated carbocycles. The third-order valence-corrected chi connectivity index (χ3v) is 4.94. The molecule has 140 valence electrons. The van der Waals surface area contributed by atoms with Gasteiger partial charge in [0.25, 0.3) is 11.8 Å². The second-order valence-corrected chi connectivity index (χ2v) is 7.06. The van der Waals surface area contributed by atoms with Gasteiger partial charge >= 0.3 is 0 Å². The van der Waals surface area contributed by atoms with E-state index in [9.17, 15) is 14.4 Å². The summed E-state index contributed by atoms with van der Waals surface area (Å²) in [6.07, 6.45) is 0.708. The van der Waals surface area contributed by atoms with Gasteiger partial charge in [-0.25, -0.2) is 0 Å². The molecule has 0 aliphatic carbocycles. The highest BCUT2D eigenvalue weighted by Crippen LogP contribution is 2.23. The lowest BCUT2D eigenvalue weighted by molar-refractivity contribution is -0.121. The van der Waals surface area contributed by atoms with Gasteiger partial charge in [0, 0.05) is 13.0 Å². The van der Waals surface area contributed by atoms with Gasteiger partial charge in [-0.3, -0.25) is 19.3 Å². The average molecular weight is 364 g/mol. The van der Waals surface area contributed by atoms with Gasteiger partial charge < -0.3 is 5.32 Å². The number of imide groups is 1. The van der Waals surface area contributed by atoms with Crippen LogP contribution in [0.2, 0.25) is 0 Å². The highest BCUT2D eigenvalue weighted by Gasteiger charge is 2.34. The van der Waals surface area contributed by atoms with Crippen molar-refractivity contribution < 1.29 is 14.4 Å². The van der Waals surface area contributed by atoms with Crippen LogP contribution in [0.4, 0.5) is 0 Å². The SMILES string of the molecule is Cc1ccc(C)c([C@H](C)NC(=O)CCCN2C(=O)c3ccccc3C2=O)c1. The predicted molar refractivity (Wildman–Crippen MR) is 104 cm³/mol. The Morgan fingerprint density at radius 3 is 2.30 bits per heavy atom. The molecule has 0 fully saturated rings. The van der Waals surface area contributed by atoms with Crippen LogP contribution in [0.15, 0.2) is 42.5 Å². The number of carbonyl (C=O) groups is 3. The molecule has 0 radical (unpaired) electrons. The summed E-state index contributed by atoms with van der Waals surface area (Å²) in [4.78, 5) is 38.1. The summed E-state index contributed by atoms with van der Waals surface area (Å²) in [5.74, 6) is -0.639. The molecule has 1 atom stereocenters. The molecule has 0 bridgehead atoms. The van der Waals surface area contributed by atoms with Gasteiger partial charge in [0.2, 0.25) is 5.91 Å². The topological polar surface area (TPSA) is 66.5 Å². The molecule has 5 heteroatoms. The Balaban J connectivity index is 1.52. The van der Waals surface area contributed by atoms with E-state index in [1.807, 2.05) is 20.8 Å². The largest absolute Gasteiger partial charge is 0.350 e. The molecule has 1 aliphatic heterocycles. The first-order valence-corrected chi connectivity index (χ1v) is 9.20. The van der Waals surface area contributed by atoms with Crippen molar-refractivity contribution in [2.75, 3.05) is 6.54 Å². The Bertz CT molecular complexity index is 869. The van der Waals surface area contributed by atoms with Gasteiger partial charge in [0.05, 0.1) is 17.2 Å². The zero-order valence-electron chi connectivity index (χ0n) is 15.9. The van der Waals surface area contributed by atoms with Gasteiger partial charge in [-0.1, -0.05) is 35.9 Å². The van der Waals surface area contributed by atoms with E-state index in [2.05, 4.69) is 23.5 Å². The van der Waals surface area contributed by atoms with E-state index in [0.717, 1.165) is 16.7 Å². The second kappa shape index (κ2) is 7.74. The van der Waals surface area contributed by atoms with Crippen molar-refractivity contribution in [3.8, 4) is 0 Å². The standard InChI is InChI=1S/C22H24N2O3/c1-14-10-11-15(2)19(13-14)16(3)23-20(25)9-6-12-24-21(26)17-7-4-5-8-18(17)22(24)27/h4-5,7-8,10-11,13,16H,6,9,12H2,1-3H3,(H,23,25)/t16-/m0/s1. The molecular weight excluding hydrogens is 340 g/mol. The lowest BCUT2D eigenvalue weighted by Gasteiger charge is -2.18. The van der Waals surface area contributed by atoms with Crippen molar-refractivity contribution in [2.24, 2.45) is 0 Å². The maximum atomic E-state index is 12.3. The third-order valence-electron chi connectivity index (χ3n) is 4.94. The number of nitrogens with one attached hydrogen (secondary N) is 1. The fourth-order valence-corrected chi connectivity index (χ4v) is 3.46. The van der Waals surface area contributed by atoms with Crippen LogP contribution in [0.1, 0.15) is 63.2 Å². The van der Waals surface area contributed by atoms with Crippen LogP contribution in [0, 0.1) is 13.8 Å². The van der Waals surface area contributed by atoms with Crippen molar-refractivity contribution in [1.29, 1.82) is 0 Å². The van der Waals surface area contributed by atoms with Crippen LogP contribution in [0.3, 0.4) is 0 Å². The number of fused-ring (bicyclic) bond motifs is 1. The number of amides is 3. The molecule has 0 aromatic heterocycles. The lowest BCUT2D eigenvalue weighted by atomic mass is 10.00. The summed E-state index contributed by atoms with van der Waals surface area (Å²) >= 11 is 0. The van der Waals surface area contributed by atoms with Crippen LogP contribution >= 0.6 is 0 Å². The van der Waals surface area contributed by atoms with Gasteiger partial charge in [-0.2, -0.15) is 0 Å². The van der Waals surface area contributed by atoms with Crippen molar-refractivity contribution in [1.82, 2.24) is 10.2 Å². The Kier molecular flexibility index (Phi) is 5.40. The maximum absolute atomic E-state index is 12.3. The van der Waals surface area contributed by atoms with E-state index in [1.54, 1.807) is 24.3 Å². The summed E-state index contributed by atoms with van der Waals surface area (Å²) in [5.41, 5.74) is 4.27.